The lowest BCUT2D eigenvalue weighted by atomic mass is 10.1. The molecule has 1 atom stereocenters. The third kappa shape index (κ3) is 2.41. The highest BCUT2D eigenvalue weighted by atomic mass is 79.9. The van der Waals surface area contributed by atoms with Crippen molar-refractivity contribution in [3.63, 3.8) is 0 Å². The van der Waals surface area contributed by atoms with Crippen LogP contribution >= 0.6 is 27.5 Å². The number of nitrogens with zero attached hydrogens (tertiary/aromatic N) is 4. The van der Waals surface area contributed by atoms with Gasteiger partial charge in [0.25, 0.3) is 0 Å². The zero-order valence-electron chi connectivity index (χ0n) is 9.88. The fourth-order valence-corrected chi connectivity index (χ4v) is 2.87. The summed E-state index contributed by atoms with van der Waals surface area (Å²) in [6, 6.07) is 0.377. The molecule has 17 heavy (non-hydrogen) atoms. The van der Waals surface area contributed by atoms with E-state index in [1.54, 1.807) is 6.20 Å². The smallest absolute Gasteiger partial charge is 0.0883 e. The summed E-state index contributed by atoms with van der Waals surface area (Å²) in [7, 11) is 1.93. The Morgan fingerprint density at radius 1 is 1.41 bits per heavy atom. The summed E-state index contributed by atoms with van der Waals surface area (Å²) in [5, 5.41) is 11.6. The van der Waals surface area contributed by atoms with E-state index in [0.717, 1.165) is 15.0 Å². The molecule has 0 fully saturated rings. The van der Waals surface area contributed by atoms with Crippen LogP contribution in [0, 0.1) is 0 Å². The van der Waals surface area contributed by atoms with E-state index in [1.165, 1.54) is 11.5 Å². The maximum atomic E-state index is 4.39. The third-order valence-electron chi connectivity index (χ3n) is 2.50. The molecule has 0 bridgehead atoms. The van der Waals surface area contributed by atoms with Gasteiger partial charge < -0.3 is 5.32 Å². The Morgan fingerprint density at radius 2 is 2.18 bits per heavy atom. The second-order valence-electron chi connectivity index (χ2n) is 3.96. The second-order valence-corrected chi connectivity index (χ2v) is 5.63. The largest absolute Gasteiger partial charge is 0.307 e. The van der Waals surface area contributed by atoms with Gasteiger partial charge in [-0.3, -0.25) is 4.68 Å². The Kier molecular flexibility index (Phi) is 3.90. The van der Waals surface area contributed by atoms with Crippen molar-refractivity contribution in [3.05, 3.63) is 27.4 Å². The average Bonchev–Trinajstić information content (AvgIpc) is 2.91. The first-order valence-electron chi connectivity index (χ1n) is 5.32. The Hall–Kier alpha value is -0.790. The van der Waals surface area contributed by atoms with Crippen LogP contribution in [-0.2, 0) is 0 Å². The highest BCUT2D eigenvalue weighted by Gasteiger charge is 2.23. The van der Waals surface area contributed by atoms with Crippen molar-refractivity contribution >= 4 is 27.5 Å². The highest BCUT2D eigenvalue weighted by Crippen LogP contribution is 2.31. The summed E-state index contributed by atoms with van der Waals surface area (Å²) in [5.74, 6) is 0. The number of halogens is 1. The molecule has 0 saturated heterocycles. The van der Waals surface area contributed by atoms with Gasteiger partial charge in [-0.2, -0.15) is 5.10 Å². The number of nitrogens with one attached hydrogen (secondary N) is 1. The fraction of sp³-hybridized carbons (Fsp3) is 0.500. The number of hydrogen-bond acceptors (Lipinski definition) is 5. The maximum Gasteiger partial charge on any atom is 0.0883 e. The van der Waals surface area contributed by atoms with Crippen molar-refractivity contribution < 1.29 is 0 Å². The van der Waals surface area contributed by atoms with Gasteiger partial charge >= 0.3 is 0 Å². The number of rotatable bonds is 4. The molecule has 2 aromatic heterocycles. The van der Waals surface area contributed by atoms with Gasteiger partial charge in [-0.1, -0.05) is 4.49 Å². The zero-order valence-corrected chi connectivity index (χ0v) is 12.3. The summed E-state index contributed by atoms with van der Waals surface area (Å²) in [5.41, 5.74) is 1.11. The third-order valence-corrected chi connectivity index (χ3v) is 3.84. The SMILES string of the molecule is CNC(c1cnns1)c1c(Br)cnn1C(C)C. The molecule has 5 nitrogen and oxygen atoms in total. The van der Waals surface area contributed by atoms with Crippen molar-refractivity contribution in [2.75, 3.05) is 7.05 Å². The molecule has 0 saturated carbocycles. The Bertz CT molecular complexity index is 479. The molecule has 0 spiro atoms. The van der Waals surface area contributed by atoms with Gasteiger partial charge in [0.2, 0.25) is 0 Å². The Balaban J connectivity index is 2.47. The Morgan fingerprint density at radius 3 is 2.71 bits per heavy atom. The van der Waals surface area contributed by atoms with Crippen molar-refractivity contribution in [2.24, 2.45) is 0 Å². The zero-order chi connectivity index (χ0) is 12.4. The predicted molar refractivity (Wildman–Crippen MR) is 71.1 cm³/mol. The van der Waals surface area contributed by atoms with E-state index in [-0.39, 0.29) is 6.04 Å². The van der Waals surface area contributed by atoms with Crippen LogP contribution in [0.3, 0.4) is 0 Å². The first-order chi connectivity index (χ1) is 8.15. The quantitative estimate of drug-likeness (QED) is 0.941. The normalized spacial score (nSPS) is 13.2. The van der Waals surface area contributed by atoms with Gasteiger partial charge in [0.05, 0.1) is 33.5 Å². The topological polar surface area (TPSA) is 55.6 Å². The van der Waals surface area contributed by atoms with E-state index in [0.29, 0.717) is 6.04 Å². The summed E-state index contributed by atoms with van der Waals surface area (Å²) in [4.78, 5) is 1.08. The van der Waals surface area contributed by atoms with Crippen LogP contribution in [0.1, 0.15) is 36.5 Å². The molecule has 2 heterocycles. The van der Waals surface area contributed by atoms with E-state index >= 15 is 0 Å². The van der Waals surface area contributed by atoms with Gasteiger partial charge in [-0.05, 0) is 48.4 Å². The summed E-state index contributed by atoms with van der Waals surface area (Å²) in [6.45, 7) is 4.22. The highest BCUT2D eigenvalue weighted by molar-refractivity contribution is 9.10. The van der Waals surface area contributed by atoms with Crippen LogP contribution in [0.4, 0.5) is 0 Å². The fourth-order valence-electron chi connectivity index (χ4n) is 1.75. The van der Waals surface area contributed by atoms with Crippen molar-refractivity contribution in [1.29, 1.82) is 0 Å². The average molecular weight is 316 g/mol. The summed E-state index contributed by atoms with van der Waals surface area (Å²) < 4.78 is 6.92. The minimum atomic E-state index is 0.0641. The van der Waals surface area contributed by atoms with Crippen molar-refractivity contribution in [3.8, 4) is 0 Å². The van der Waals surface area contributed by atoms with E-state index < -0.39 is 0 Å². The predicted octanol–water partition coefficient (Wildman–Crippen LogP) is 2.39. The molecular weight excluding hydrogens is 302 g/mol. The van der Waals surface area contributed by atoms with E-state index in [4.69, 9.17) is 0 Å². The maximum absolute atomic E-state index is 4.39. The molecule has 0 amide bonds. The number of aromatic nitrogens is 4. The molecule has 1 unspecified atom stereocenters. The van der Waals surface area contributed by atoms with Crippen molar-refractivity contribution in [2.45, 2.75) is 25.9 Å². The lowest BCUT2D eigenvalue weighted by Crippen LogP contribution is -2.22. The number of hydrogen-bond donors (Lipinski definition) is 1. The van der Waals surface area contributed by atoms with Gasteiger partial charge in [-0.25, -0.2) is 0 Å². The molecule has 7 heteroatoms. The lowest BCUT2D eigenvalue weighted by Gasteiger charge is -2.18. The van der Waals surface area contributed by atoms with Gasteiger partial charge in [0, 0.05) is 6.04 Å². The summed E-state index contributed by atoms with van der Waals surface area (Å²) in [6.07, 6.45) is 3.62. The van der Waals surface area contributed by atoms with Gasteiger partial charge in [0.1, 0.15) is 0 Å². The second kappa shape index (κ2) is 5.24. The standard InChI is InChI=1S/C10H14BrN5S/c1-6(2)16-10(7(11)4-14-16)9(12-3)8-5-13-15-17-8/h4-6,9,12H,1-3H3. The minimum absolute atomic E-state index is 0.0641. The van der Waals surface area contributed by atoms with Crippen LogP contribution in [0.25, 0.3) is 0 Å². The van der Waals surface area contributed by atoms with Gasteiger partial charge in [-0.15, -0.1) is 5.10 Å². The lowest BCUT2D eigenvalue weighted by molar-refractivity contribution is 0.485. The molecule has 0 aliphatic rings. The molecule has 0 radical (unpaired) electrons. The van der Waals surface area contributed by atoms with Gasteiger partial charge in [0.15, 0.2) is 0 Å². The monoisotopic (exact) mass is 315 g/mol. The Labute approximate surface area is 113 Å². The first kappa shape index (κ1) is 12.7. The van der Waals surface area contributed by atoms with Crippen LogP contribution < -0.4 is 5.32 Å². The molecule has 2 aromatic rings. The molecular formula is C10H14BrN5S. The molecule has 2 rings (SSSR count). The molecule has 1 N–H and O–H groups in total. The van der Waals surface area contributed by atoms with Crippen LogP contribution in [0.15, 0.2) is 16.9 Å². The van der Waals surface area contributed by atoms with Crippen LogP contribution in [0.2, 0.25) is 0 Å². The first-order valence-corrected chi connectivity index (χ1v) is 6.89. The van der Waals surface area contributed by atoms with Crippen LogP contribution in [0.5, 0.6) is 0 Å². The van der Waals surface area contributed by atoms with E-state index in [9.17, 15) is 0 Å². The van der Waals surface area contributed by atoms with E-state index in [1.807, 2.05) is 17.9 Å². The van der Waals surface area contributed by atoms with Crippen LogP contribution in [-0.4, -0.2) is 26.4 Å². The molecule has 0 aromatic carbocycles. The molecule has 0 aliphatic heterocycles. The van der Waals surface area contributed by atoms with E-state index in [2.05, 4.69) is 49.8 Å². The minimum Gasteiger partial charge on any atom is -0.307 e. The van der Waals surface area contributed by atoms with Crippen molar-refractivity contribution in [1.82, 2.24) is 24.7 Å². The molecule has 0 aliphatic carbocycles. The summed E-state index contributed by atoms with van der Waals surface area (Å²) >= 11 is 4.95. The molecule has 92 valence electrons.